The van der Waals surface area contributed by atoms with Gasteiger partial charge in [-0.05, 0) is 41.1 Å². The smallest absolute Gasteiger partial charge is 0.119 e. The molecule has 1 nitrogen and oxygen atoms in total. The number of benzene rings is 1. The molecule has 0 aliphatic carbocycles. The molecule has 0 atom stereocenters. The van der Waals surface area contributed by atoms with Crippen molar-refractivity contribution < 1.29 is 5.11 Å². The number of phenolic OH excluding ortho intramolecular Hbond substituents is 1. The van der Waals surface area contributed by atoms with Crippen molar-refractivity contribution >= 4 is 22.6 Å². The molecule has 0 aromatic heterocycles. The van der Waals surface area contributed by atoms with Gasteiger partial charge in [0.25, 0.3) is 0 Å². The Labute approximate surface area is 74.2 Å². The second kappa shape index (κ2) is 3.23. The number of rotatable bonds is 1. The van der Waals surface area contributed by atoms with E-state index < -0.39 is 0 Å². The highest BCUT2D eigenvalue weighted by Gasteiger charge is 2.00. The lowest BCUT2D eigenvalue weighted by atomic mass is 10.1. The fraction of sp³-hybridized carbons (Fsp3) is 0.250. The summed E-state index contributed by atoms with van der Waals surface area (Å²) >= 11 is 2.23. The van der Waals surface area contributed by atoms with Gasteiger partial charge in [-0.3, -0.25) is 0 Å². The predicted octanol–water partition coefficient (Wildman–Crippen LogP) is 2.56. The van der Waals surface area contributed by atoms with Crippen molar-refractivity contribution in [1.29, 1.82) is 0 Å². The van der Waals surface area contributed by atoms with Gasteiger partial charge in [0, 0.05) is 9.13 Å². The van der Waals surface area contributed by atoms with E-state index in [1.165, 1.54) is 0 Å². The lowest BCUT2D eigenvalue weighted by Crippen LogP contribution is -1.85. The second-order valence-corrected chi connectivity index (χ2v) is 3.25. The minimum absolute atomic E-state index is 0.411. The van der Waals surface area contributed by atoms with Gasteiger partial charge in [-0.1, -0.05) is 13.0 Å². The maximum atomic E-state index is 9.29. The third-order valence-electron chi connectivity index (χ3n) is 1.45. The number of hydrogen-bond acceptors (Lipinski definition) is 1. The Morgan fingerprint density at radius 1 is 1.50 bits per heavy atom. The molecule has 0 amide bonds. The van der Waals surface area contributed by atoms with Gasteiger partial charge in [0.15, 0.2) is 0 Å². The van der Waals surface area contributed by atoms with Gasteiger partial charge in [-0.15, -0.1) is 0 Å². The standard InChI is InChI=1S/C8H9IO/c1-2-6-7(9)4-3-5-8(6)10/h3-5,10H,2H2,1H3. The van der Waals surface area contributed by atoms with E-state index in [2.05, 4.69) is 22.6 Å². The van der Waals surface area contributed by atoms with Crippen molar-refractivity contribution in [2.45, 2.75) is 13.3 Å². The van der Waals surface area contributed by atoms with Crippen LogP contribution < -0.4 is 0 Å². The Hall–Kier alpha value is -0.250. The predicted molar refractivity (Wildman–Crippen MR) is 50.2 cm³/mol. The van der Waals surface area contributed by atoms with E-state index in [0.717, 1.165) is 15.6 Å². The molecule has 0 unspecified atom stereocenters. The molecule has 54 valence electrons. The summed E-state index contributed by atoms with van der Waals surface area (Å²) in [6.07, 6.45) is 0.894. The summed E-state index contributed by atoms with van der Waals surface area (Å²) in [4.78, 5) is 0. The minimum Gasteiger partial charge on any atom is -0.508 e. The highest BCUT2D eigenvalue weighted by molar-refractivity contribution is 14.1. The van der Waals surface area contributed by atoms with Gasteiger partial charge in [0.05, 0.1) is 0 Å². The van der Waals surface area contributed by atoms with E-state index in [-0.39, 0.29) is 0 Å². The van der Waals surface area contributed by atoms with E-state index in [1.54, 1.807) is 6.07 Å². The molecule has 1 N–H and O–H groups in total. The molecule has 0 saturated heterocycles. The summed E-state index contributed by atoms with van der Waals surface area (Å²) in [5.74, 6) is 0.411. The first kappa shape index (κ1) is 7.85. The maximum Gasteiger partial charge on any atom is 0.119 e. The van der Waals surface area contributed by atoms with Crippen LogP contribution in [0.1, 0.15) is 12.5 Å². The molecule has 0 aliphatic rings. The molecular formula is C8H9IO. The largest absolute Gasteiger partial charge is 0.508 e. The quantitative estimate of drug-likeness (QED) is 0.757. The van der Waals surface area contributed by atoms with Crippen LogP contribution in [0.3, 0.4) is 0 Å². The molecule has 0 fully saturated rings. The van der Waals surface area contributed by atoms with Crippen LogP contribution in [0.5, 0.6) is 5.75 Å². The van der Waals surface area contributed by atoms with Crippen LogP contribution in [0, 0.1) is 3.57 Å². The Morgan fingerprint density at radius 2 is 2.20 bits per heavy atom. The number of halogens is 1. The molecule has 0 heterocycles. The van der Waals surface area contributed by atoms with Crippen LogP contribution in [0.15, 0.2) is 18.2 Å². The van der Waals surface area contributed by atoms with E-state index in [4.69, 9.17) is 0 Å². The highest BCUT2D eigenvalue weighted by atomic mass is 127. The maximum absolute atomic E-state index is 9.29. The number of phenols is 1. The monoisotopic (exact) mass is 248 g/mol. The zero-order chi connectivity index (χ0) is 7.56. The average Bonchev–Trinajstić information content (AvgIpc) is 1.88. The zero-order valence-corrected chi connectivity index (χ0v) is 7.92. The first-order chi connectivity index (χ1) is 4.75. The van der Waals surface area contributed by atoms with Gasteiger partial charge >= 0.3 is 0 Å². The van der Waals surface area contributed by atoms with E-state index in [1.807, 2.05) is 19.1 Å². The van der Waals surface area contributed by atoms with Crippen LogP contribution >= 0.6 is 22.6 Å². The first-order valence-corrected chi connectivity index (χ1v) is 4.30. The summed E-state index contributed by atoms with van der Waals surface area (Å²) in [7, 11) is 0. The summed E-state index contributed by atoms with van der Waals surface area (Å²) in [5.41, 5.74) is 1.04. The Morgan fingerprint density at radius 3 is 2.60 bits per heavy atom. The Bertz CT molecular complexity index is 212. The second-order valence-electron chi connectivity index (χ2n) is 2.09. The van der Waals surface area contributed by atoms with Crippen molar-refractivity contribution in [3.05, 3.63) is 27.3 Å². The molecule has 0 spiro atoms. The average molecular weight is 248 g/mol. The fourth-order valence-electron chi connectivity index (χ4n) is 0.897. The molecular weight excluding hydrogens is 239 g/mol. The van der Waals surface area contributed by atoms with E-state index in [9.17, 15) is 5.11 Å². The molecule has 0 bridgehead atoms. The van der Waals surface area contributed by atoms with Crippen LogP contribution in [-0.2, 0) is 6.42 Å². The fourth-order valence-corrected chi connectivity index (χ4v) is 1.76. The van der Waals surface area contributed by atoms with Crippen LogP contribution in [-0.4, -0.2) is 5.11 Å². The summed E-state index contributed by atoms with van der Waals surface area (Å²) in [5, 5.41) is 9.29. The summed E-state index contributed by atoms with van der Waals surface area (Å²) < 4.78 is 1.14. The van der Waals surface area contributed by atoms with Gasteiger partial charge in [-0.2, -0.15) is 0 Å². The molecule has 10 heavy (non-hydrogen) atoms. The van der Waals surface area contributed by atoms with Crippen LogP contribution in [0.25, 0.3) is 0 Å². The number of hydrogen-bond donors (Lipinski definition) is 1. The van der Waals surface area contributed by atoms with Gasteiger partial charge < -0.3 is 5.11 Å². The summed E-state index contributed by atoms with van der Waals surface area (Å²) in [6, 6.07) is 5.58. The van der Waals surface area contributed by atoms with Crippen LogP contribution in [0.2, 0.25) is 0 Å². The normalized spacial score (nSPS) is 9.80. The third-order valence-corrected chi connectivity index (χ3v) is 2.46. The van der Waals surface area contributed by atoms with Gasteiger partial charge in [0.2, 0.25) is 0 Å². The molecule has 1 rings (SSSR count). The van der Waals surface area contributed by atoms with Gasteiger partial charge in [0.1, 0.15) is 5.75 Å². The first-order valence-electron chi connectivity index (χ1n) is 3.22. The van der Waals surface area contributed by atoms with E-state index >= 15 is 0 Å². The molecule has 2 heteroatoms. The molecule has 0 radical (unpaired) electrons. The molecule has 0 aliphatic heterocycles. The lowest BCUT2D eigenvalue weighted by molar-refractivity contribution is 0.468. The molecule has 1 aromatic rings. The SMILES string of the molecule is CCc1c(O)cccc1I. The zero-order valence-electron chi connectivity index (χ0n) is 5.76. The van der Waals surface area contributed by atoms with Crippen molar-refractivity contribution in [2.24, 2.45) is 0 Å². The van der Waals surface area contributed by atoms with Crippen molar-refractivity contribution in [3.63, 3.8) is 0 Å². The van der Waals surface area contributed by atoms with Crippen molar-refractivity contribution in [1.82, 2.24) is 0 Å². The van der Waals surface area contributed by atoms with Crippen LogP contribution in [0.4, 0.5) is 0 Å². The van der Waals surface area contributed by atoms with Crippen molar-refractivity contribution in [3.8, 4) is 5.75 Å². The summed E-state index contributed by atoms with van der Waals surface area (Å²) in [6.45, 7) is 2.04. The lowest BCUT2D eigenvalue weighted by Gasteiger charge is -2.02. The van der Waals surface area contributed by atoms with Gasteiger partial charge in [-0.25, -0.2) is 0 Å². The minimum atomic E-state index is 0.411. The topological polar surface area (TPSA) is 20.2 Å². The number of aromatic hydroxyl groups is 1. The Balaban J connectivity index is 3.17. The van der Waals surface area contributed by atoms with E-state index in [0.29, 0.717) is 5.75 Å². The highest BCUT2D eigenvalue weighted by Crippen LogP contribution is 2.22. The Kier molecular flexibility index (Phi) is 2.54. The molecule has 0 saturated carbocycles. The molecule has 1 aromatic carbocycles. The third kappa shape index (κ3) is 1.42. The van der Waals surface area contributed by atoms with Crippen molar-refractivity contribution in [2.75, 3.05) is 0 Å².